The second-order valence-corrected chi connectivity index (χ2v) is 6.56. The van der Waals surface area contributed by atoms with Crippen LogP contribution < -0.4 is 5.32 Å². The topological polar surface area (TPSA) is 83.5 Å². The zero-order valence-electron chi connectivity index (χ0n) is 9.84. The third kappa shape index (κ3) is 2.97. The molecule has 2 aromatic carbocycles. The summed E-state index contributed by atoms with van der Waals surface area (Å²) in [6.07, 6.45) is 0. The molecule has 0 fully saturated rings. The highest BCUT2D eigenvalue weighted by molar-refractivity contribution is 8.13. The van der Waals surface area contributed by atoms with Gasteiger partial charge in [0, 0.05) is 34.7 Å². The normalized spacial score (nSPS) is 11.5. The van der Waals surface area contributed by atoms with Crippen LogP contribution in [-0.2, 0) is 13.8 Å². The molecule has 0 aliphatic rings. The third-order valence-electron chi connectivity index (χ3n) is 2.51. The van der Waals surface area contributed by atoms with Gasteiger partial charge in [0.1, 0.15) is 5.75 Å². The van der Waals surface area contributed by atoms with Crippen molar-refractivity contribution in [1.29, 1.82) is 0 Å². The largest absolute Gasteiger partial charge is 0.507 e. The van der Waals surface area contributed by atoms with E-state index in [0.29, 0.717) is 16.5 Å². The zero-order valence-corrected chi connectivity index (χ0v) is 11.4. The molecule has 0 aromatic heterocycles. The lowest BCUT2D eigenvalue weighted by Gasteiger charge is -2.07. The van der Waals surface area contributed by atoms with Crippen molar-refractivity contribution < 1.29 is 18.3 Å². The maximum absolute atomic E-state index is 11.2. The molecule has 7 heteroatoms. The standard InChI is InChI=1S/C12H10ClNO4S/c1-7(15)14-9-3-2-8-4-10(19(13,17)18)6-12(16)11(8)5-9/h2-6,16H,1H3,(H,14,15). The van der Waals surface area contributed by atoms with E-state index < -0.39 is 9.05 Å². The Labute approximate surface area is 114 Å². The van der Waals surface area contributed by atoms with Crippen LogP contribution >= 0.6 is 10.7 Å². The molecule has 5 nitrogen and oxygen atoms in total. The van der Waals surface area contributed by atoms with E-state index >= 15 is 0 Å². The highest BCUT2D eigenvalue weighted by Crippen LogP contribution is 2.31. The molecule has 0 aliphatic heterocycles. The average Bonchev–Trinajstić information content (AvgIpc) is 2.27. The minimum Gasteiger partial charge on any atom is -0.507 e. The molecule has 2 N–H and O–H groups in total. The summed E-state index contributed by atoms with van der Waals surface area (Å²) in [5, 5.41) is 13.3. The minimum absolute atomic E-state index is 0.175. The summed E-state index contributed by atoms with van der Waals surface area (Å²) in [6.45, 7) is 1.37. The van der Waals surface area contributed by atoms with E-state index in [1.807, 2.05) is 0 Å². The summed E-state index contributed by atoms with van der Waals surface area (Å²) in [6, 6.07) is 7.17. The first-order valence-electron chi connectivity index (χ1n) is 5.26. The van der Waals surface area contributed by atoms with Gasteiger partial charge in [-0.25, -0.2) is 8.42 Å². The van der Waals surface area contributed by atoms with Crippen molar-refractivity contribution >= 4 is 42.1 Å². The van der Waals surface area contributed by atoms with Gasteiger partial charge in [0.25, 0.3) is 9.05 Å². The molecule has 2 aromatic rings. The lowest BCUT2D eigenvalue weighted by molar-refractivity contribution is -0.114. The van der Waals surface area contributed by atoms with Gasteiger partial charge < -0.3 is 10.4 Å². The number of halogens is 1. The Morgan fingerprint density at radius 2 is 1.95 bits per heavy atom. The summed E-state index contributed by atoms with van der Waals surface area (Å²) in [5.74, 6) is -0.456. The molecular formula is C12H10ClNO4S. The molecule has 0 unspecified atom stereocenters. The van der Waals surface area contributed by atoms with E-state index in [0.717, 1.165) is 6.07 Å². The van der Waals surface area contributed by atoms with Crippen LogP contribution in [0.25, 0.3) is 10.8 Å². The molecule has 100 valence electrons. The second-order valence-electron chi connectivity index (χ2n) is 4.00. The van der Waals surface area contributed by atoms with Crippen LogP contribution in [0, 0.1) is 0 Å². The highest BCUT2D eigenvalue weighted by Gasteiger charge is 2.13. The van der Waals surface area contributed by atoms with Crippen molar-refractivity contribution in [3.63, 3.8) is 0 Å². The summed E-state index contributed by atoms with van der Waals surface area (Å²) in [4.78, 5) is 10.8. The number of nitrogens with one attached hydrogen (secondary N) is 1. The van der Waals surface area contributed by atoms with Crippen LogP contribution in [-0.4, -0.2) is 19.4 Å². The highest BCUT2D eigenvalue weighted by atomic mass is 35.7. The molecule has 0 heterocycles. The number of rotatable bonds is 2. The molecule has 0 atom stereocenters. The first kappa shape index (κ1) is 13.6. The van der Waals surface area contributed by atoms with Crippen LogP contribution in [0.1, 0.15) is 6.92 Å². The fourth-order valence-electron chi connectivity index (χ4n) is 1.73. The predicted molar refractivity (Wildman–Crippen MR) is 73.0 cm³/mol. The fourth-order valence-corrected chi connectivity index (χ4v) is 2.52. The van der Waals surface area contributed by atoms with Gasteiger partial charge in [0.15, 0.2) is 0 Å². The van der Waals surface area contributed by atoms with E-state index in [1.54, 1.807) is 18.2 Å². The molecular weight excluding hydrogens is 290 g/mol. The van der Waals surface area contributed by atoms with Gasteiger partial charge in [-0.3, -0.25) is 4.79 Å². The summed E-state index contributed by atoms with van der Waals surface area (Å²) in [7, 11) is 1.33. The number of carbonyl (C=O) groups is 1. The Morgan fingerprint density at radius 1 is 1.26 bits per heavy atom. The molecule has 2 rings (SSSR count). The maximum atomic E-state index is 11.2. The van der Waals surface area contributed by atoms with Gasteiger partial charge in [0.05, 0.1) is 4.90 Å². The van der Waals surface area contributed by atoms with E-state index in [9.17, 15) is 18.3 Å². The predicted octanol–water partition coefficient (Wildman–Crippen LogP) is 2.43. The Hall–Kier alpha value is -1.79. The zero-order chi connectivity index (χ0) is 14.2. The number of carbonyl (C=O) groups excluding carboxylic acids is 1. The molecule has 0 bridgehead atoms. The molecule has 19 heavy (non-hydrogen) atoms. The first-order chi connectivity index (χ1) is 8.77. The lowest BCUT2D eigenvalue weighted by atomic mass is 10.1. The third-order valence-corrected chi connectivity index (χ3v) is 3.84. The van der Waals surface area contributed by atoms with Crippen molar-refractivity contribution in [2.45, 2.75) is 11.8 Å². The van der Waals surface area contributed by atoms with E-state index in [-0.39, 0.29) is 16.6 Å². The fraction of sp³-hybridized carbons (Fsp3) is 0.0833. The Bertz CT molecular complexity index is 771. The van der Waals surface area contributed by atoms with Crippen LogP contribution in [0.2, 0.25) is 0 Å². The van der Waals surface area contributed by atoms with Gasteiger partial charge in [-0.2, -0.15) is 0 Å². The summed E-state index contributed by atoms with van der Waals surface area (Å²) >= 11 is 0. The van der Waals surface area contributed by atoms with Gasteiger partial charge in [-0.15, -0.1) is 0 Å². The smallest absolute Gasteiger partial charge is 0.261 e. The van der Waals surface area contributed by atoms with Crippen molar-refractivity contribution in [1.82, 2.24) is 0 Å². The van der Waals surface area contributed by atoms with Crippen LogP contribution in [0.3, 0.4) is 0 Å². The van der Waals surface area contributed by atoms with E-state index in [4.69, 9.17) is 10.7 Å². The number of fused-ring (bicyclic) bond motifs is 1. The summed E-state index contributed by atoms with van der Waals surface area (Å²) in [5.41, 5.74) is 0.511. The molecule has 1 amide bonds. The van der Waals surface area contributed by atoms with Crippen molar-refractivity contribution in [3.05, 3.63) is 30.3 Å². The van der Waals surface area contributed by atoms with Crippen LogP contribution in [0.15, 0.2) is 35.2 Å². The Morgan fingerprint density at radius 3 is 2.53 bits per heavy atom. The molecule has 0 saturated heterocycles. The van der Waals surface area contributed by atoms with E-state index in [1.165, 1.54) is 13.0 Å². The Kier molecular flexibility index (Phi) is 3.38. The van der Waals surface area contributed by atoms with Gasteiger partial charge in [0.2, 0.25) is 5.91 Å². The van der Waals surface area contributed by atoms with Crippen LogP contribution in [0.5, 0.6) is 5.75 Å². The number of phenolic OH excluding ortho intramolecular Hbond substituents is 1. The van der Waals surface area contributed by atoms with Gasteiger partial charge in [-0.05, 0) is 23.6 Å². The number of benzene rings is 2. The number of amides is 1. The van der Waals surface area contributed by atoms with Crippen LogP contribution in [0.4, 0.5) is 5.69 Å². The number of hydrogen-bond acceptors (Lipinski definition) is 4. The molecule has 0 aliphatic carbocycles. The summed E-state index contributed by atoms with van der Waals surface area (Å²) < 4.78 is 22.5. The number of anilines is 1. The number of phenols is 1. The maximum Gasteiger partial charge on any atom is 0.261 e. The van der Waals surface area contributed by atoms with Crippen molar-refractivity contribution in [2.24, 2.45) is 0 Å². The lowest BCUT2D eigenvalue weighted by Crippen LogP contribution is -2.05. The average molecular weight is 300 g/mol. The monoisotopic (exact) mass is 299 g/mol. The Balaban J connectivity index is 2.63. The van der Waals surface area contributed by atoms with Gasteiger partial charge in [-0.1, -0.05) is 6.07 Å². The van der Waals surface area contributed by atoms with Gasteiger partial charge >= 0.3 is 0 Å². The minimum atomic E-state index is -3.90. The first-order valence-corrected chi connectivity index (χ1v) is 7.57. The van der Waals surface area contributed by atoms with Crippen molar-refractivity contribution in [3.8, 4) is 5.75 Å². The quantitative estimate of drug-likeness (QED) is 0.834. The number of hydrogen-bond donors (Lipinski definition) is 2. The SMILES string of the molecule is CC(=O)Nc1ccc2cc(S(=O)(=O)Cl)cc(O)c2c1. The van der Waals surface area contributed by atoms with E-state index in [2.05, 4.69) is 5.32 Å². The molecule has 0 saturated carbocycles. The molecule has 0 spiro atoms. The van der Waals surface area contributed by atoms with Crippen molar-refractivity contribution in [2.75, 3.05) is 5.32 Å². The molecule has 0 radical (unpaired) electrons. The number of aromatic hydroxyl groups is 1. The second kappa shape index (κ2) is 4.71.